The van der Waals surface area contributed by atoms with Gasteiger partial charge in [-0.1, -0.05) is 18.2 Å². The molecule has 0 saturated carbocycles. The second-order valence-corrected chi connectivity index (χ2v) is 9.58. The molecule has 8 nitrogen and oxygen atoms in total. The van der Waals surface area contributed by atoms with Gasteiger partial charge in [0, 0.05) is 44.1 Å². The molecular formula is C21H25N5O3S. The van der Waals surface area contributed by atoms with Crippen molar-refractivity contribution in [2.45, 2.75) is 26.1 Å². The van der Waals surface area contributed by atoms with Gasteiger partial charge in [-0.2, -0.15) is 9.40 Å². The third-order valence-corrected chi connectivity index (χ3v) is 6.56. The smallest absolute Gasteiger partial charge is 0.270 e. The molecule has 0 aliphatic carbocycles. The number of amides is 1. The molecule has 0 bridgehead atoms. The van der Waals surface area contributed by atoms with Crippen LogP contribution < -0.4 is 0 Å². The van der Waals surface area contributed by atoms with Gasteiger partial charge in [0.15, 0.2) is 0 Å². The molecule has 0 N–H and O–H groups in total. The maximum absolute atomic E-state index is 13.1. The van der Waals surface area contributed by atoms with E-state index < -0.39 is 10.0 Å². The highest BCUT2D eigenvalue weighted by atomic mass is 32.2. The molecule has 0 unspecified atom stereocenters. The molecule has 1 aliphatic heterocycles. The fraction of sp³-hybridized carbons (Fsp3) is 0.333. The number of carbonyl (C=O) groups excluding carboxylic acids is 1. The van der Waals surface area contributed by atoms with Crippen LogP contribution >= 0.6 is 0 Å². The van der Waals surface area contributed by atoms with Crippen molar-refractivity contribution in [3.63, 3.8) is 0 Å². The monoisotopic (exact) mass is 427 g/mol. The van der Waals surface area contributed by atoms with Crippen molar-refractivity contribution in [1.29, 1.82) is 0 Å². The number of hydrogen-bond acceptors (Lipinski definition) is 4. The predicted molar refractivity (Wildman–Crippen MR) is 114 cm³/mol. The zero-order valence-corrected chi connectivity index (χ0v) is 17.9. The Hall–Kier alpha value is -2.91. The number of sulfonamides is 1. The summed E-state index contributed by atoms with van der Waals surface area (Å²) in [5, 5.41) is 4.39. The third kappa shape index (κ3) is 4.17. The van der Waals surface area contributed by atoms with Gasteiger partial charge in [-0.15, -0.1) is 0 Å². The average Bonchev–Trinajstić information content (AvgIpc) is 3.28. The SMILES string of the molecule is CN(Cc1cnn(-c2ccccc2)c1)C(=O)c1ccc2n1CCCN(S(C)(=O)=O)C2. The summed E-state index contributed by atoms with van der Waals surface area (Å²) in [6.07, 6.45) is 5.57. The van der Waals surface area contributed by atoms with Crippen LogP contribution in [-0.4, -0.2) is 57.7 Å². The maximum Gasteiger partial charge on any atom is 0.270 e. The molecule has 1 amide bonds. The largest absolute Gasteiger partial charge is 0.339 e. The van der Waals surface area contributed by atoms with Gasteiger partial charge < -0.3 is 9.47 Å². The Morgan fingerprint density at radius 1 is 1.13 bits per heavy atom. The molecule has 0 spiro atoms. The third-order valence-electron chi connectivity index (χ3n) is 5.31. The van der Waals surface area contributed by atoms with Crippen molar-refractivity contribution in [2.75, 3.05) is 19.8 Å². The molecule has 1 aromatic carbocycles. The molecule has 30 heavy (non-hydrogen) atoms. The fourth-order valence-corrected chi connectivity index (χ4v) is 4.58. The molecular weight excluding hydrogens is 402 g/mol. The van der Waals surface area contributed by atoms with Crippen LogP contribution in [0.1, 0.15) is 28.2 Å². The van der Waals surface area contributed by atoms with E-state index in [2.05, 4.69) is 5.10 Å². The topological polar surface area (TPSA) is 80.4 Å². The zero-order valence-electron chi connectivity index (χ0n) is 17.1. The lowest BCUT2D eigenvalue weighted by Crippen LogP contribution is -2.29. The van der Waals surface area contributed by atoms with E-state index >= 15 is 0 Å². The van der Waals surface area contributed by atoms with Crippen molar-refractivity contribution in [1.82, 2.24) is 23.6 Å². The van der Waals surface area contributed by atoms with E-state index in [0.29, 0.717) is 38.3 Å². The Bertz CT molecular complexity index is 1150. The summed E-state index contributed by atoms with van der Waals surface area (Å²) in [4.78, 5) is 14.8. The first-order chi connectivity index (χ1) is 14.3. The summed E-state index contributed by atoms with van der Waals surface area (Å²) in [5.74, 6) is -0.0958. The van der Waals surface area contributed by atoms with Gasteiger partial charge >= 0.3 is 0 Å². The van der Waals surface area contributed by atoms with Gasteiger partial charge in [0.05, 0.1) is 24.7 Å². The Morgan fingerprint density at radius 2 is 1.90 bits per heavy atom. The number of aromatic nitrogens is 3. The highest BCUT2D eigenvalue weighted by molar-refractivity contribution is 7.88. The van der Waals surface area contributed by atoms with Crippen molar-refractivity contribution >= 4 is 15.9 Å². The van der Waals surface area contributed by atoms with Gasteiger partial charge in [-0.05, 0) is 30.7 Å². The van der Waals surface area contributed by atoms with Gasteiger partial charge in [-0.3, -0.25) is 4.79 Å². The lowest BCUT2D eigenvalue weighted by Gasteiger charge is -2.18. The van der Waals surface area contributed by atoms with Crippen LogP contribution in [-0.2, 0) is 29.7 Å². The summed E-state index contributed by atoms with van der Waals surface area (Å²) < 4.78 is 29.1. The average molecular weight is 428 g/mol. The molecule has 0 fully saturated rings. The van der Waals surface area contributed by atoms with Gasteiger partial charge in [0.2, 0.25) is 10.0 Å². The first-order valence-corrected chi connectivity index (χ1v) is 11.7. The van der Waals surface area contributed by atoms with E-state index in [1.165, 1.54) is 10.6 Å². The number of para-hydroxylation sites is 1. The predicted octanol–water partition coefficient (Wildman–Crippen LogP) is 2.11. The van der Waals surface area contributed by atoms with Crippen LogP contribution in [0.25, 0.3) is 5.69 Å². The van der Waals surface area contributed by atoms with Crippen LogP contribution in [0.3, 0.4) is 0 Å². The van der Waals surface area contributed by atoms with Crippen LogP contribution in [0, 0.1) is 0 Å². The number of hydrogen-bond donors (Lipinski definition) is 0. The van der Waals surface area contributed by atoms with Gasteiger partial charge in [0.25, 0.3) is 5.91 Å². The minimum atomic E-state index is -3.27. The van der Waals surface area contributed by atoms with E-state index in [0.717, 1.165) is 16.9 Å². The molecule has 3 aromatic rings. The summed E-state index contributed by atoms with van der Waals surface area (Å²) in [6.45, 7) is 1.80. The van der Waals surface area contributed by atoms with Crippen molar-refractivity contribution in [2.24, 2.45) is 0 Å². The fourth-order valence-electron chi connectivity index (χ4n) is 3.75. The molecule has 4 rings (SSSR count). The molecule has 9 heteroatoms. The summed E-state index contributed by atoms with van der Waals surface area (Å²) in [6, 6.07) is 13.4. The maximum atomic E-state index is 13.1. The Balaban J connectivity index is 1.49. The van der Waals surface area contributed by atoms with E-state index in [9.17, 15) is 13.2 Å². The number of nitrogens with zero attached hydrogens (tertiary/aromatic N) is 5. The Kier molecular flexibility index (Phi) is 5.48. The highest BCUT2D eigenvalue weighted by Crippen LogP contribution is 2.20. The zero-order chi connectivity index (χ0) is 21.3. The molecule has 0 saturated heterocycles. The molecule has 2 aromatic heterocycles. The summed E-state index contributed by atoms with van der Waals surface area (Å²) >= 11 is 0. The quantitative estimate of drug-likeness (QED) is 0.625. The molecule has 3 heterocycles. The van der Waals surface area contributed by atoms with Crippen molar-refractivity contribution < 1.29 is 13.2 Å². The Morgan fingerprint density at radius 3 is 2.63 bits per heavy atom. The second kappa shape index (κ2) is 8.08. The highest BCUT2D eigenvalue weighted by Gasteiger charge is 2.25. The Labute approximate surface area is 176 Å². The van der Waals surface area contributed by atoms with Gasteiger partial charge in [-0.25, -0.2) is 13.1 Å². The van der Waals surface area contributed by atoms with E-state index in [1.54, 1.807) is 28.9 Å². The lowest BCUT2D eigenvalue weighted by molar-refractivity contribution is 0.0774. The van der Waals surface area contributed by atoms with Crippen LogP contribution in [0.5, 0.6) is 0 Å². The van der Waals surface area contributed by atoms with Crippen molar-refractivity contribution in [3.8, 4) is 5.69 Å². The van der Waals surface area contributed by atoms with Crippen LogP contribution in [0.15, 0.2) is 54.9 Å². The molecule has 158 valence electrons. The number of rotatable bonds is 5. The standard InChI is InChI=1S/C21H25N5O3S/c1-23(14-17-13-22-26(15-17)18-7-4-3-5-8-18)21(27)20-10-9-19-16-24(30(2,28)29)11-6-12-25(19)20/h3-5,7-10,13,15H,6,11-12,14,16H2,1-2H3. The molecule has 0 atom stereocenters. The minimum absolute atomic E-state index is 0.0958. The van der Waals surface area contributed by atoms with Gasteiger partial charge in [0.1, 0.15) is 5.69 Å². The normalized spacial score (nSPS) is 14.9. The summed E-state index contributed by atoms with van der Waals surface area (Å²) in [5.41, 5.74) is 3.32. The number of benzene rings is 1. The van der Waals surface area contributed by atoms with E-state index in [4.69, 9.17) is 0 Å². The first kappa shape index (κ1) is 20.4. The number of carbonyl (C=O) groups is 1. The van der Waals surface area contributed by atoms with Crippen LogP contribution in [0.4, 0.5) is 0 Å². The summed E-state index contributed by atoms with van der Waals surface area (Å²) in [7, 11) is -1.50. The first-order valence-electron chi connectivity index (χ1n) is 9.81. The van der Waals surface area contributed by atoms with E-state index in [-0.39, 0.29) is 5.91 Å². The minimum Gasteiger partial charge on any atom is -0.339 e. The van der Waals surface area contributed by atoms with E-state index in [1.807, 2.05) is 47.2 Å². The van der Waals surface area contributed by atoms with Crippen molar-refractivity contribution in [3.05, 3.63) is 71.8 Å². The lowest BCUT2D eigenvalue weighted by atomic mass is 10.3. The molecule has 1 aliphatic rings. The van der Waals surface area contributed by atoms with Crippen LogP contribution in [0.2, 0.25) is 0 Å². The molecule has 0 radical (unpaired) electrons. The number of fused-ring (bicyclic) bond motifs is 1. The second-order valence-electron chi connectivity index (χ2n) is 7.60.